The number of ether oxygens (including phenoxy) is 1. The van der Waals surface area contributed by atoms with Crippen molar-refractivity contribution < 1.29 is 27.9 Å². The zero-order chi connectivity index (χ0) is 25.2. The highest BCUT2D eigenvalue weighted by Crippen LogP contribution is 2.49. The number of hydrogen-bond donors (Lipinski definition) is 2. The standard InChI is InChI=1S/C27H31NO6S/c1-3-18(15-17-9-6-5-7-10-17)26-25(30)24(29)23(27(31)34-26)22(19-13-14-19)20-11-8-12-21(16-20)28-35(32,33)4-2/h5-12,16,18-19,22,26,28-29H,3-4,13-15H2,1-2H3. The maximum Gasteiger partial charge on any atom is 0.339 e. The first kappa shape index (κ1) is 25.0. The Morgan fingerprint density at radius 2 is 1.77 bits per heavy atom. The van der Waals surface area contributed by atoms with E-state index in [4.69, 9.17) is 4.74 Å². The van der Waals surface area contributed by atoms with Gasteiger partial charge in [-0.3, -0.25) is 9.52 Å². The Labute approximate surface area is 206 Å². The molecule has 1 heterocycles. The molecule has 0 spiro atoms. The van der Waals surface area contributed by atoms with E-state index >= 15 is 0 Å². The monoisotopic (exact) mass is 497 g/mol. The molecule has 4 rings (SSSR count). The molecule has 3 unspecified atom stereocenters. The van der Waals surface area contributed by atoms with Crippen LogP contribution in [0.2, 0.25) is 0 Å². The lowest BCUT2D eigenvalue weighted by Gasteiger charge is -2.31. The third kappa shape index (κ3) is 5.59. The van der Waals surface area contributed by atoms with Gasteiger partial charge < -0.3 is 9.84 Å². The van der Waals surface area contributed by atoms with Crippen molar-refractivity contribution in [2.24, 2.45) is 11.8 Å². The molecule has 8 heteroatoms. The highest BCUT2D eigenvalue weighted by Gasteiger charge is 2.47. The maximum atomic E-state index is 13.3. The summed E-state index contributed by atoms with van der Waals surface area (Å²) in [6.45, 7) is 3.48. The summed E-state index contributed by atoms with van der Waals surface area (Å²) in [6.07, 6.45) is 1.78. The van der Waals surface area contributed by atoms with Crippen LogP contribution in [0, 0.1) is 11.8 Å². The molecule has 0 radical (unpaired) electrons. The highest BCUT2D eigenvalue weighted by molar-refractivity contribution is 7.92. The Hall–Kier alpha value is -3.13. The van der Waals surface area contributed by atoms with Crippen molar-refractivity contribution in [1.82, 2.24) is 0 Å². The highest BCUT2D eigenvalue weighted by atomic mass is 32.2. The molecular weight excluding hydrogens is 466 g/mol. The molecule has 2 aromatic carbocycles. The molecule has 0 amide bonds. The van der Waals surface area contributed by atoms with E-state index in [9.17, 15) is 23.1 Å². The predicted octanol–water partition coefficient (Wildman–Crippen LogP) is 4.52. The van der Waals surface area contributed by atoms with Gasteiger partial charge in [0.05, 0.1) is 11.3 Å². The summed E-state index contributed by atoms with van der Waals surface area (Å²) in [5.41, 5.74) is 2.03. The molecule has 3 atom stereocenters. The largest absolute Gasteiger partial charge is 0.504 e. The van der Waals surface area contributed by atoms with Gasteiger partial charge in [0, 0.05) is 17.5 Å². The van der Waals surface area contributed by atoms with Gasteiger partial charge in [-0.1, -0.05) is 49.4 Å². The predicted molar refractivity (Wildman–Crippen MR) is 133 cm³/mol. The number of sulfonamides is 1. The zero-order valence-corrected chi connectivity index (χ0v) is 20.8. The third-order valence-electron chi connectivity index (χ3n) is 6.80. The van der Waals surface area contributed by atoms with E-state index in [2.05, 4.69) is 4.72 Å². The molecule has 0 bridgehead atoms. The number of cyclic esters (lactones) is 1. The Morgan fingerprint density at radius 1 is 1.06 bits per heavy atom. The first-order valence-corrected chi connectivity index (χ1v) is 13.7. The number of aliphatic hydroxyl groups is 1. The quantitative estimate of drug-likeness (QED) is 0.467. The molecule has 186 valence electrons. The zero-order valence-electron chi connectivity index (χ0n) is 19.9. The smallest absolute Gasteiger partial charge is 0.339 e. The van der Waals surface area contributed by atoms with E-state index in [-0.39, 0.29) is 23.2 Å². The number of carbonyl (C=O) groups excluding carboxylic acids is 2. The van der Waals surface area contributed by atoms with Gasteiger partial charge in [-0.05, 0) is 61.8 Å². The van der Waals surface area contributed by atoms with Gasteiger partial charge in [-0.2, -0.15) is 0 Å². The van der Waals surface area contributed by atoms with Gasteiger partial charge in [0.25, 0.3) is 0 Å². The molecule has 0 aromatic heterocycles. The number of nitrogens with one attached hydrogen (secondary N) is 1. The van der Waals surface area contributed by atoms with E-state index in [1.54, 1.807) is 31.2 Å². The molecule has 2 aliphatic rings. The van der Waals surface area contributed by atoms with Crippen LogP contribution in [0.1, 0.15) is 50.2 Å². The van der Waals surface area contributed by atoms with Crippen molar-refractivity contribution in [2.75, 3.05) is 10.5 Å². The number of hydrogen-bond acceptors (Lipinski definition) is 6. The molecule has 1 saturated carbocycles. The van der Waals surface area contributed by atoms with Crippen LogP contribution in [0.15, 0.2) is 65.9 Å². The normalized spacial score (nSPS) is 20.3. The topological polar surface area (TPSA) is 110 Å². The first-order valence-electron chi connectivity index (χ1n) is 12.1. The molecule has 1 aliphatic heterocycles. The van der Waals surface area contributed by atoms with E-state index in [0.29, 0.717) is 24.1 Å². The number of ketones is 1. The van der Waals surface area contributed by atoms with Crippen LogP contribution in [0.5, 0.6) is 0 Å². The molecule has 2 aromatic rings. The van der Waals surface area contributed by atoms with Crippen LogP contribution in [-0.2, 0) is 30.8 Å². The van der Waals surface area contributed by atoms with Crippen LogP contribution in [0.3, 0.4) is 0 Å². The van der Waals surface area contributed by atoms with Crippen molar-refractivity contribution in [3.63, 3.8) is 0 Å². The van der Waals surface area contributed by atoms with Gasteiger partial charge >= 0.3 is 5.97 Å². The molecule has 7 nitrogen and oxygen atoms in total. The molecule has 0 saturated heterocycles. The Morgan fingerprint density at radius 3 is 2.40 bits per heavy atom. The van der Waals surface area contributed by atoms with Gasteiger partial charge in [-0.25, -0.2) is 13.2 Å². The van der Waals surface area contributed by atoms with E-state index in [1.807, 2.05) is 37.3 Å². The third-order valence-corrected chi connectivity index (χ3v) is 8.10. The molecular formula is C27H31NO6S. The van der Waals surface area contributed by atoms with Crippen molar-refractivity contribution in [1.29, 1.82) is 0 Å². The molecule has 1 fully saturated rings. The van der Waals surface area contributed by atoms with Gasteiger partial charge in [0.15, 0.2) is 11.9 Å². The summed E-state index contributed by atoms with van der Waals surface area (Å²) in [4.78, 5) is 26.5. The minimum Gasteiger partial charge on any atom is -0.504 e. The molecule has 1 aliphatic carbocycles. The fraction of sp³-hybridized carbons (Fsp3) is 0.407. The van der Waals surface area contributed by atoms with Crippen LogP contribution >= 0.6 is 0 Å². The van der Waals surface area contributed by atoms with E-state index in [0.717, 1.165) is 18.4 Å². The fourth-order valence-electron chi connectivity index (χ4n) is 4.71. The van der Waals surface area contributed by atoms with Crippen LogP contribution in [0.4, 0.5) is 5.69 Å². The SMILES string of the molecule is CCC(Cc1ccccc1)C1OC(=O)C(C(c2cccc(NS(=O)(=O)CC)c2)C2CC2)=C(O)C1=O. The Kier molecular flexibility index (Phi) is 7.31. The maximum absolute atomic E-state index is 13.3. The summed E-state index contributed by atoms with van der Waals surface area (Å²) in [7, 11) is -3.48. The average Bonchev–Trinajstić information content (AvgIpc) is 3.68. The Balaban J connectivity index is 1.65. The van der Waals surface area contributed by atoms with Crippen LogP contribution in [-0.4, -0.2) is 37.1 Å². The second kappa shape index (κ2) is 10.2. The fourth-order valence-corrected chi connectivity index (χ4v) is 5.35. The number of aliphatic hydroxyl groups excluding tert-OH is 1. The lowest BCUT2D eigenvalue weighted by Crippen LogP contribution is -2.42. The molecule has 35 heavy (non-hydrogen) atoms. The lowest BCUT2D eigenvalue weighted by molar-refractivity contribution is -0.158. The summed E-state index contributed by atoms with van der Waals surface area (Å²) >= 11 is 0. The van der Waals surface area contributed by atoms with Gasteiger partial charge in [0.1, 0.15) is 0 Å². The average molecular weight is 498 g/mol. The number of esters is 1. The van der Waals surface area contributed by atoms with Crippen molar-refractivity contribution in [3.8, 4) is 0 Å². The minimum atomic E-state index is -3.48. The van der Waals surface area contributed by atoms with Gasteiger partial charge in [-0.15, -0.1) is 0 Å². The second-order valence-electron chi connectivity index (χ2n) is 9.26. The summed E-state index contributed by atoms with van der Waals surface area (Å²) in [5, 5.41) is 11.0. The van der Waals surface area contributed by atoms with Crippen LogP contribution in [0.25, 0.3) is 0 Å². The van der Waals surface area contributed by atoms with Crippen molar-refractivity contribution in [3.05, 3.63) is 77.1 Å². The summed E-state index contributed by atoms with van der Waals surface area (Å²) < 4.78 is 32.3. The number of benzene rings is 2. The number of rotatable bonds is 10. The summed E-state index contributed by atoms with van der Waals surface area (Å²) in [5.74, 6) is -2.61. The van der Waals surface area contributed by atoms with Crippen LogP contribution < -0.4 is 4.72 Å². The van der Waals surface area contributed by atoms with E-state index < -0.39 is 39.6 Å². The number of carbonyl (C=O) groups is 2. The van der Waals surface area contributed by atoms with Gasteiger partial charge in [0.2, 0.25) is 15.8 Å². The second-order valence-corrected chi connectivity index (χ2v) is 11.3. The lowest BCUT2D eigenvalue weighted by atomic mass is 9.81. The number of Topliss-reactive ketones (excluding diaryl/α,β-unsaturated/α-hetero) is 1. The minimum absolute atomic E-state index is 0.0289. The Bertz CT molecular complexity index is 1230. The first-order chi connectivity index (χ1) is 16.7. The molecule has 2 N–H and O–H groups in total. The number of anilines is 1. The summed E-state index contributed by atoms with van der Waals surface area (Å²) in [6, 6.07) is 16.4. The van der Waals surface area contributed by atoms with Crippen molar-refractivity contribution >= 4 is 27.5 Å². The van der Waals surface area contributed by atoms with Crippen molar-refractivity contribution in [2.45, 2.75) is 51.6 Å². The van der Waals surface area contributed by atoms with E-state index in [1.165, 1.54) is 0 Å².